The Kier molecular flexibility index (Phi) is 6.19. The highest BCUT2D eigenvalue weighted by Gasteiger charge is 2.14. The van der Waals surface area contributed by atoms with Gasteiger partial charge in [0, 0.05) is 23.4 Å². The Morgan fingerprint density at radius 1 is 1.24 bits per heavy atom. The average Bonchev–Trinajstić information content (AvgIpc) is 2.61. The van der Waals surface area contributed by atoms with Gasteiger partial charge in [-0.05, 0) is 42.3 Å². The molecule has 130 valence electrons. The zero-order chi connectivity index (χ0) is 18.4. The number of carbonyl (C=O) groups excluding carboxylic acids is 1. The first kappa shape index (κ1) is 18.5. The van der Waals surface area contributed by atoms with Gasteiger partial charge < -0.3 is 5.32 Å². The zero-order valence-electron chi connectivity index (χ0n) is 14.0. The predicted molar refractivity (Wildman–Crippen MR) is 102 cm³/mol. The Balaban J connectivity index is 2.09. The minimum absolute atomic E-state index is 0.145. The molecular formula is C18H19N3O3S. The van der Waals surface area contributed by atoms with Crippen molar-refractivity contribution in [3.63, 3.8) is 0 Å². The first-order valence-corrected chi connectivity index (χ1v) is 8.29. The van der Waals surface area contributed by atoms with Crippen LogP contribution >= 0.6 is 12.2 Å². The third kappa shape index (κ3) is 4.84. The van der Waals surface area contributed by atoms with Gasteiger partial charge in [0.2, 0.25) is 0 Å². The molecule has 0 aliphatic carbocycles. The summed E-state index contributed by atoms with van der Waals surface area (Å²) >= 11 is 5.20. The quantitative estimate of drug-likeness (QED) is 0.475. The van der Waals surface area contributed by atoms with E-state index in [0.29, 0.717) is 5.92 Å². The van der Waals surface area contributed by atoms with Crippen molar-refractivity contribution in [2.24, 2.45) is 0 Å². The topological polar surface area (TPSA) is 84.3 Å². The summed E-state index contributed by atoms with van der Waals surface area (Å²) in [6.07, 6.45) is 0.978. The normalized spacial score (nSPS) is 11.4. The lowest BCUT2D eigenvalue weighted by Gasteiger charge is -2.17. The maximum atomic E-state index is 12.2. The number of carbonyl (C=O) groups is 1. The second kappa shape index (κ2) is 8.34. The predicted octanol–water partition coefficient (Wildman–Crippen LogP) is 4.24. The molecule has 0 radical (unpaired) electrons. The van der Waals surface area contributed by atoms with Crippen LogP contribution in [0.15, 0.2) is 48.5 Å². The summed E-state index contributed by atoms with van der Waals surface area (Å²) in [5.74, 6) is -0.152. The number of para-hydroxylation sites is 1. The van der Waals surface area contributed by atoms with Crippen LogP contribution in [0.1, 0.15) is 42.1 Å². The van der Waals surface area contributed by atoms with Gasteiger partial charge in [-0.1, -0.05) is 38.1 Å². The summed E-state index contributed by atoms with van der Waals surface area (Å²) in [5.41, 5.74) is 1.97. The molecule has 2 rings (SSSR count). The molecule has 0 aliphatic rings. The number of nitrogens with zero attached hydrogens (tertiary/aromatic N) is 1. The molecule has 0 bridgehead atoms. The minimum Gasteiger partial charge on any atom is -0.332 e. The molecule has 0 saturated heterocycles. The van der Waals surface area contributed by atoms with E-state index >= 15 is 0 Å². The van der Waals surface area contributed by atoms with Crippen LogP contribution in [-0.2, 0) is 0 Å². The summed E-state index contributed by atoms with van der Waals surface area (Å²) in [7, 11) is 0. The molecule has 0 fully saturated rings. The van der Waals surface area contributed by atoms with Crippen molar-refractivity contribution in [3.05, 3.63) is 69.8 Å². The molecule has 0 aromatic heterocycles. The van der Waals surface area contributed by atoms with E-state index in [1.54, 1.807) is 0 Å². The number of anilines is 1. The smallest absolute Gasteiger partial charge is 0.270 e. The maximum absolute atomic E-state index is 12.2. The van der Waals surface area contributed by atoms with E-state index in [1.165, 1.54) is 24.3 Å². The Hall–Kier alpha value is -2.80. The summed E-state index contributed by atoms with van der Waals surface area (Å²) in [4.78, 5) is 22.5. The van der Waals surface area contributed by atoms with Crippen molar-refractivity contribution in [1.29, 1.82) is 0 Å². The van der Waals surface area contributed by atoms with Gasteiger partial charge in [0.05, 0.1) is 4.92 Å². The number of nitrogens with one attached hydrogen (secondary N) is 2. The Bertz CT molecular complexity index is 808. The first-order valence-electron chi connectivity index (χ1n) is 7.88. The molecule has 6 nitrogen and oxygen atoms in total. The van der Waals surface area contributed by atoms with Gasteiger partial charge in [-0.2, -0.15) is 0 Å². The number of nitro groups is 1. The fraction of sp³-hybridized carbons (Fsp3) is 0.222. The van der Waals surface area contributed by atoms with E-state index in [1.807, 2.05) is 24.3 Å². The van der Waals surface area contributed by atoms with Gasteiger partial charge in [-0.15, -0.1) is 0 Å². The Labute approximate surface area is 151 Å². The molecule has 0 aliphatic heterocycles. The lowest BCUT2D eigenvalue weighted by atomic mass is 9.97. The van der Waals surface area contributed by atoms with E-state index < -0.39 is 10.8 Å². The van der Waals surface area contributed by atoms with Crippen molar-refractivity contribution in [1.82, 2.24) is 5.32 Å². The van der Waals surface area contributed by atoms with Crippen molar-refractivity contribution in [2.75, 3.05) is 5.32 Å². The number of thiocarbonyl (C=S) groups is 1. The molecule has 1 amide bonds. The summed E-state index contributed by atoms with van der Waals surface area (Å²) < 4.78 is 0. The third-order valence-corrected chi connectivity index (χ3v) is 4.10. The molecule has 2 aromatic rings. The van der Waals surface area contributed by atoms with E-state index in [0.717, 1.165) is 17.7 Å². The van der Waals surface area contributed by atoms with Crippen LogP contribution in [0, 0.1) is 10.1 Å². The van der Waals surface area contributed by atoms with Gasteiger partial charge in [-0.25, -0.2) is 0 Å². The lowest BCUT2D eigenvalue weighted by Crippen LogP contribution is -2.34. The number of non-ortho nitro benzene ring substituents is 1. The van der Waals surface area contributed by atoms with Gasteiger partial charge >= 0.3 is 0 Å². The molecule has 1 unspecified atom stereocenters. The standard InChI is InChI=1S/C18H19N3O3S/c1-3-12(2)15-9-4-5-10-16(15)19-18(25)20-17(22)13-7-6-8-14(11-13)21(23)24/h4-12H,3H2,1-2H3,(H2,19,20,22,25). The molecule has 7 heteroatoms. The molecule has 0 saturated carbocycles. The summed E-state index contributed by atoms with van der Waals surface area (Å²) in [5, 5.41) is 16.5. The largest absolute Gasteiger partial charge is 0.332 e. The van der Waals surface area contributed by atoms with E-state index in [2.05, 4.69) is 24.5 Å². The highest BCUT2D eigenvalue weighted by Crippen LogP contribution is 2.26. The van der Waals surface area contributed by atoms with Crippen LogP contribution in [0.3, 0.4) is 0 Å². The minimum atomic E-state index is -0.546. The monoisotopic (exact) mass is 357 g/mol. The van der Waals surface area contributed by atoms with E-state index in [4.69, 9.17) is 12.2 Å². The average molecular weight is 357 g/mol. The number of nitro benzene ring substituents is 1. The van der Waals surface area contributed by atoms with Crippen LogP contribution in [0.25, 0.3) is 0 Å². The lowest BCUT2D eigenvalue weighted by molar-refractivity contribution is -0.384. The van der Waals surface area contributed by atoms with Gasteiger partial charge in [0.1, 0.15) is 0 Å². The fourth-order valence-electron chi connectivity index (χ4n) is 2.35. The van der Waals surface area contributed by atoms with Crippen LogP contribution in [-0.4, -0.2) is 15.9 Å². The number of hydrogen-bond acceptors (Lipinski definition) is 4. The van der Waals surface area contributed by atoms with Crippen LogP contribution in [0.5, 0.6) is 0 Å². The molecule has 0 spiro atoms. The molecule has 25 heavy (non-hydrogen) atoms. The van der Waals surface area contributed by atoms with Crippen molar-refractivity contribution >= 4 is 34.6 Å². The highest BCUT2D eigenvalue weighted by molar-refractivity contribution is 7.80. The van der Waals surface area contributed by atoms with Crippen LogP contribution in [0.4, 0.5) is 11.4 Å². The molecule has 0 heterocycles. The number of rotatable bonds is 5. The number of benzene rings is 2. The molecule has 2 N–H and O–H groups in total. The van der Waals surface area contributed by atoms with Gasteiger partial charge in [0.25, 0.3) is 11.6 Å². The fourth-order valence-corrected chi connectivity index (χ4v) is 2.55. The first-order chi connectivity index (χ1) is 11.9. The van der Waals surface area contributed by atoms with E-state index in [9.17, 15) is 14.9 Å². The zero-order valence-corrected chi connectivity index (χ0v) is 14.8. The Morgan fingerprint density at radius 3 is 2.64 bits per heavy atom. The number of amides is 1. The van der Waals surface area contributed by atoms with Crippen molar-refractivity contribution in [3.8, 4) is 0 Å². The Morgan fingerprint density at radius 2 is 1.96 bits per heavy atom. The highest BCUT2D eigenvalue weighted by atomic mass is 32.1. The number of hydrogen-bond donors (Lipinski definition) is 2. The SMILES string of the molecule is CCC(C)c1ccccc1NC(=S)NC(=O)c1cccc([N+](=O)[O-])c1. The second-order valence-electron chi connectivity index (χ2n) is 5.61. The van der Waals surface area contributed by atoms with Crippen LogP contribution in [0.2, 0.25) is 0 Å². The van der Waals surface area contributed by atoms with Crippen LogP contribution < -0.4 is 10.6 Å². The summed E-state index contributed by atoms with van der Waals surface area (Å²) in [6, 6.07) is 13.3. The maximum Gasteiger partial charge on any atom is 0.270 e. The van der Waals surface area contributed by atoms with Crippen molar-refractivity contribution < 1.29 is 9.72 Å². The third-order valence-electron chi connectivity index (χ3n) is 3.90. The van der Waals surface area contributed by atoms with Crippen molar-refractivity contribution in [2.45, 2.75) is 26.2 Å². The van der Waals surface area contributed by atoms with E-state index in [-0.39, 0.29) is 16.4 Å². The molecule has 2 aromatic carbocycles. The van der Waals surface area contributed by atoms with Gasteiger partial charge in [0.15, 0.2) is 5.11 Å². The van der Waals surface area contributed by atoms with Gasteiger partial charge in [-0.3, -0.25) is 20.2 Å². The second-order valence-corrected chi connectivity index (χ2v) is 6.02. The molecular weight excluding hydrogens is 338 g/mol. The molecule has 1 atom stereocenters. The summed E-state index contributed by atoms with van der Waals surface area (Å²) in [6.45, 7) is 4.22.